The van der Waals surface area contributed by atoms with Gasteiger partial charge in [0.25, 0.3) is 0 Å². The summed E-state index contributed by atoms with van der Waals surface area (Å²) in [5.41, 5.74) is 0.355. The van der Waals surface area contributed by atoms with E-state index in [1.54, 1.807) is 12.2 Å². The highest BCUT2D eigenvalue weighted by molar-refractivity contribution is 5.19. The molecule has 0 atom stereocenters. The van der Waals surface area contributed by atoms with Gasteiger partial charge in [-0.3, -0.25) is 0 Å². The van der Waals surface area contributed by atoms with E-state index in [1.165, 1.54) is 6.08 Å². The van der Waals surface area contributed by atoms with Crippen LogP contribution in [-0.2, 0) is 0 Å². The van der Waals surface area contributed by atoms with Crippen molar-refractivity contribution in [1.29, 1.82) is 0 Å². The van der Waals surface area contributed by atoms with Gasteiger partial charge in [-0.15, -0.1) is 4.91 Å². The first-order valence-electron chi connectivity index (χ1n) is 2.64. The molecule has 0 rings (SSSR count). The van der Waals surface area contributed by atoms with Crippen LogP contribution < -0.4 is 0 Å². The highest BCUT2D eigenvalue weighted by Gasteiger charge is 1.81. The van der Waals surface area contributed by atoms with E-state index in [4.69, 9.17) is 0 Å². The Kier molecular flexibility index (Phi) is 4.32. The summed E-state index contributed by atoms with van der Waals surface area (Å²) in [5.74, 6) is 0. The fourth-order valence-corrected chi connectivity index (χ4v) is 0.331. The summed E-state index contributed by atoms with van der Waals surface area (Å²) in [4.78, 5) is 9.82. The lowest BCUT2D eigenvalue weighted by Crippen LogP contribution is -1.63. The Morgan fingerprint density at radius 1 is 1.67 bits per heavy atom. The van der Waals surface area contributed by atoms with Gasteiger partial charge in [-0.1, -0.05) is 18.7 Å². The van der Waals surface area contributed by atoms with Crippen LogP contribution in [0.15, 0.2) is 41.8 Å². The molecule has 0 saturated heterocycles. The second-order valence-electron chi connectivity index (χ2n) is 1.41. The van der Waals surface area contributed by atoms with E-state index in [1.807, 2.05) is 13.0 Å². The average Bonchev–Trinajstić information content (AvgIpc) is 1.91. The minimum atomic E-state index is 0.355. The third-order valence-corrected chi connectivity index (χ3v) is 0.774. The van der Waals surface area contributed by atoms with Gasteiger partial charge in [-0.2, -0.15) is 0 Å². The fourth-order valence-electron chi connectivity index (χ4n) is 0.331. The molecule has 0 unspecified atom stereocenters. The number of allylic oxidation sites excluding steroid dienone is 4. The van der Waals surface area contributed by atoms with Crippen molar-refractivity contribution in [1.82, 2.24) is 0 Å². The molecule has 0 fully saturated rings. The highest BCUT2D eigenvalue weighted by atomic mass is 16.3. The van der Waals surface area contributed by atoms with E-state index in [2.05, 4.69) is 11.8 Å². The number of rotatable bonds is 3. The molecule has 0 aromatic heterocycles. The van der Waals surface area contributed by atoms with Crippen molar-refractivity contribution in [2.75, 3.05) is 0 Å². The molecule has 0 amide bonds. The van der Waals surface area contributed by atoms with Gasteiger partial charge in [-0.25, -0.2) is 0 Å². The van der Waals surface area contributed by atoms with Crippen LogP contribution in [0.5, 0.6) is 0 Å². The van der Waals surface area contributed by atoms with Gasteiger partial charge in [0, 0.05) is 0 Å². The minimum Gasteiger partial charge on any atom is -0.145 e. The highest BCUT2D eigenvalue weighted by Crippen LogP contribution is 1.95. The molecule has 0 aromatic carbocycles. The van der Waals surface area contributed by atoms with Crippen LogP contribution in [0.1, 0.15) is 6.92 Å². The van der Waals surface area contributed by atoms with Crippen LogP contribution in [0.4, 0.5) is 0 Å². The number of nitrogens with zero attached hydrogens (tertiary/aromatic N) is 1. The van der Waals surface area contributed by atoms with Crippen molar-refractivity contribution < 1.29 is 0 Å². The van der Waals surface area contributed by atoms with Crippen LogP contribution in [-0.4, -0.2) is 0 Å². The summed E-state index contributed by atoms with van der Waals surface area (Å²) < 4.78 is 0. The number of nitroso groups, excluding NO2 is 1. The van der Waals surface area contributed by atoms with E-state index >= 15 is 0 Å². The first-order chi connectivity index (χ1) is 4.35. The van der Waals surface area contributed by atoms with Crippen molar-refractivity contribution in [3.8, 4) is 0 Å². The lowest BCUT2D eigenvalue weighted by atomic mass is 10.4. The molecular weight excluding hydrogens is 114 g/mol. The second-order valence-corrected chi connectivity index (χ2v) is 1.41. The van der Waals surface area contributed by atoms with E-state index in [0.29, 0.717) is 5.70 Å². The maximum Gasteiger partial charge on any atom is 0.107 e. The normalized spacial score (nSPS) is 11.9. The topological polar surface area (TPSA) is 29.4 Å². The molecule has 2 nitrogen and oxygen atoms in total. The van der Waals surface area contributed by atoms with Gasteiger partial charge < -0.3 is 0 Å². The molecule has 0 bridgehead atoms. The molecule has 0 aromatic rings. The van der Waals surface area contributed by atoms with E-state index in [0.717, 1.165) is 0 Å². The Labute approximate surface area is 54.6 Å². The molecule has 0 heterocycles. The molecule has 0 aliphatic rings. The van der Waals surface area contributed by atoms with Gasteiger partial charge >= 0.3 is 0 Å². The van der Waals surface area contributed by atoms with E-state index in [9.17, 15) is 4.91 Å². The van der Waals surface area contributed by atoms with Crippen molar-refractivity contribution in [2.45, 2.75) is 6.92 Å². The van der Waals surface area contributed by atoms with Crippen LogP contribution in [0.2, 0.25) is 0 Å². The Bertz CT molecular complexity index is 146. The maximum atomic E-state index is 9.82. The second kappa shape index (κ2) is 4.97. The van der Waals surface area contributed by atoms with Crippen LogP contribution >= 0.6 is 0 Å². The molecule has 0 N–H and O–H groups in total. The first-order valence-corrected chi connectivity index (χ1v) is 2.64. The molecule has 0 aliphatic carbocycles. The fraction of sp³-hybridized carbons (Fsp3) is 0.143. The molecule has 48 valence electrons. The lowest BCUT2D eigenvalue weighted by Gasteiger charge is -1.79. The molecule has 0 spiro atoms. The zero-order valence-electron chi connectivity index (χ0n) is 5.37. The maximum absolute atomic E-state index is 9.82. The van der Waals surface area contributed by atoms with Crippen LogP contribution in [0, 0.1) is 4.91 Å². The zero-order chi connectivity index (χ0) is 7.11. The van der Waals surface area contributed by atoms with Crippen molar-refractivity contribution >= 4 is 0 Å². The summed E-state index contributed by atoms with van der Waals surface area (Å²) >= 11 is 0. The predicted molar refractivity (Wildman–Crippen MR) is 38.9 cm³/mol. The minimum absolute atomic E-state index is 0.355. The summed E-state index contributed by atoms with van der Waals surface area (Å²) in [6.07, 6.45) is 6.56. The lowest BCUT2D eigenvalue weighted by molar-refractivity contribution is 1.39. The third kappa shape index (κ3) is 3.41. The average molecular weight is 123 g/mol. The monoisotopic (exact) mass is 123 g/mol. The van der Waals surface area contributed by atoms with E-state index in [-0.39, 0.29) is 0 Å². The van der Waals surface area contributed by atoms with E-state index < -0.39 is 0 Å². The van der Waals surface area contributed by atoms with Gasteiger partial charge in [0.15, 0.2) is 0 Å². The molecule has 0 saturated carbocycles. The number of hydrogen-bond donors (Lipinski definition) is 0. The third-order valence-electron chi connectivity index (χ3n) is 0.774. The molecule has 2 heteroatoms. The largest absolute Gasteiger partial charge is 0.145 e. The van der Waals surface area contributed by atoms with Crippen molar-refractivity contribution in [3.05, 3.63) is 41.5 Å². The quantitative estimate of drug-likeness (QED) is 0.418. The molecular formula is C7H9NO. The summed E-state index contributed by atoms with van der Waals surface area (Å²) in [6.45, 7) is 5.25. The van der Waals surface area contributed by atoms with Gasteiger partial charge in [0.1, 0.15) is 5.70 Å². The molecule has 0 aliphatic heterocycles. The summed E-state index contributed by atoms with van der Waals surface area (Å²) in [6, 6.07) is 0. The smallest absolute Gasteiger partial charge is 0.107 e. The van der Waals surface area contributed by atoms with Gasteiger partial charge in [0.2, 0.25) is 0 Å². The van der Waals surface area contributed by atoms with Crippen LogP contribution in [0.25, 0.3) is 0 Å². The molecule has 9 heavy (non-hydrogen) atoms. The summed E-state index contributed by atoms with van der Waals surface area (Å²) in [7, 11) is 0. The van der Waals surface area contributed by atoms with Crippen molar-refractivity contribution in [3.63, 3.8) is 0 Å². The van der Waals surface area contributed by atoms with Crippen LogP contribution in [0.3, 0.4) is 0 Å². The Morgan fingerprint density at radius 2 is 2.33 bits per heavy atom. The summed E-state index contributed by atoms with van der Waals surface area (Å²) in [5, 5.41) is 2.69. The first kappa shape index (κ1) is 7.82. The zero-order valence-corrected chi connectivity index (χ0v) is 5.37. The Balaban J connectivity index is 4.06. The Morgan fingerprint density at radius 3 is 2.67 bits per heavy atom. The SMILES string of the molecule is C=C/C(=C\C=C/C)N=O. The standard InChI is InChI=1S/C7H9NO/c1-3-5-6-7(4-2)8-9/h3-6H,2H2,1H3/b5-3-,7-6+. The number of hydrogen-bond acceptors (Lipinski definition) is 2. The molecule has 0 radical (unpaired) electrons. The van der Waals surface area contributed by atoms with Gasteiger partial charge in [0.05, 0.1) is 0 Å². The van der Waals surface area contributed by atoms with Gasteiger partial charge in [-0.05, 0) is 24.3 Å². The Hall–Kier alpha value is -1.18. The predicted octanol–water partition coefficient (Wildman–Crippen LogP) is 2.40. The van der Waals surface area contributed by atoms with Crippen molar-refractivity contribution in [2.24, 2.45) is 5.18 Å².